The second-order valence-corrected chi connectivity index (χ2v) is 11.8. The molecule has 0 radical (unpaired) electrons. The molecule has 1 aliphatic heterocycles. The predicted octanol–water partition coefficient (Wildman–Crippen LogP) is 8.02. The number of carboxylic acid groups (broad SMARTS) is 1. The van der Waals surface area contributed by atoms with Crippen LogP contribution < -0.4 is 5.32 Å². The van der Waals surface area contributed by atoms with Crippen molar-refractivity contribution in [3.05, 3.63) is 71.8 Å². The maximum atomic E-state index is 10.5. The van der Waals surface area contributed by atoms with Crippen molar-refractivity contribution in [1.82, 2.24) is 10.2 Å². The van der Waals surface area contributed by atoms with Gasteiger partial charge in [0.2, 0.25) is 0 Å². The molecule has 5 rings (SSSR count). The molecule has 0 unspecified atom stereocenters. The molecule has 2 aliphatic carbocycles. The van der Waals surface area contributed by atoms with E-state index in [0.29, 0.717) is 5.54 Å². The van der Waals surface area contributed by atoms with Crippen molar-refractivity contribution in [1.29, 1.82) is 0 Å². The fourth-order valence-corrected chi connectivity index (χ4v) is 7.20. The Bertz CT molecular complexity index is 927. The van der Waals surface area contributed by atoms with Crippen molar-refractivity contribution in [2.75, 3.05) is 19.6 Å². The zero-order chi connectivity index (χ0) is 26.5. The summed E-state index contributed by atoms with van der Waals surface area (Å²) in [6.45, 7) is 3.53. The minimum absolute atomic E-state index is 0.114. The molecule has 2 N–H and O–H groups in total. The molecule has 2 aromatic carbocycles. The van der Waals surface area contributed by atoms with Crippen LogP contribution in [0.1, 0.15) is 114 Å². The van der Waals surface area contributed by atoms with Gasteiger partial charge >= 0.3 is 5.97 Å². The Hall–Kier alpha value is -2.17. The summed E-state index contributed by atoms with van der Waals surface area (Å²) < 4.78 is 0. The highest BCUT2D eigenvalue weighted by molar-refractivity contribution is 5.66. The van der Waals surface area contributed by atoms with E-state index in [2.05, 4.69) is 70.9 Å². The van der Waals surface area contributed by atoms with Crippen molar-refractivity contribution < 1.29 is 9.90 Å². The Morgan fingerprint density at radius 1 is 0.684 bits per heavy atom. The molecule has 0 aromatic heterocycles. The highest BCUT2D eigenvalue weighted by Gasteiger charge is 2.39. The third-order valence-corrected chi connectivity index (χ3v) is 9.27. The molecule has 4 nitrogen and oxygen atoms in total. The lowest BCUT2D eigenvalue weighted by Crippen LogP contribution is -2.49. The van der Waals surface area contributed by atoms with Gasteiger partial charge in [-0.05, 0) is 82.1 Å². The summed E-state index contributed by atoms with van der Waals surface area (Å²) in [6.07, 6.45) is 19.4. The smallest absolute Gasteiger partial charge is 0.303 e. The van der Waals surface area contributed by atoms with E-state index in [1.807, 2.05) is 0 Å². The lowest BCUT2D eigenvalue weighted by Gasteiger charge is -2.48. The maximum absolute atomic E-state index is 10.5. The van der Waals surface area contributed by atoms with Gasteiger partial charge in [-0.3, -0.25) is 9.69 Å². The molecule has 0 bridgehead atoms. The molecule has 0 atom stereocenters. The number of hydrogen-bond donors (Lipinski definition) is 2. The summed E-state index contributed by atoms with van der Waals surface area (Å²) in [4.78, 5) is 13.3. The normalized spacial score (nSPS) is 21.2. The molecule has 1 heterocycles. The largest absolute Gasteiger partial charge is 0.481 e. The van der Waals surface area contributed by atoms with Crippen molar-refractivity contribution in [2.24, 2.45) is 0 Å². The van der Waals surface area contributed by atoms with E-state index in [-0.39, 0.29) is 12.0 Å². The van der Waals surface area contributed by atoms with Gasteiger partial charge in [0.1, 0.15) is 0 Å². The zero-order valence-electron chi connectivity index (χ0n) is 23.5. The number of hydrogen-bond acceptors (Lipinski definition) is 3. The summed E-state index contributed by atoms with van der Waals surface area (Å²) in [6, 6.07) is 22.0. The highest BCUT2D eigenvalue weighted by Crippen LogP contribution is 2.43. The van der Waals surface area contributed by atoms with Crippen molar-refractivity contribution in [3.8, 4) is 0 Å². The van der Waals surface area contributed by atoms with Gasteiger partial charge in [0, 0.05) is 17.5 Å². The molecule has 3 fully saturated rings. The highest BCUT2D eigenvalue weighted by atomic mass is 16.4. The van der Waals surface area contributed by atoms with Crippen LogP contribution in [0.2, 0.25) is 0 Å². The van der Waals surface area contributed by atoms with Crippen LogP contribution in [-0.2, 0) is 15.9 Å². The van der Waals surface area contributed by atoms with E-state index in [9.17, 15) is 4.79 Å². The first-order chi connectivity index (χ1) is 18.6. The Morgan fingerprint density at radius 3 is 1.79 bits per heavy atom. The first-order valence-corrected chi connectivity index (χ1v) is 15.5. The number of nitrogens with one attached hydrogen (secondary N) is 1. The van der Waals surface area contributed by atoms with Crippen LogP contribution in [0.5, 0.6) is 0 Å². The molecule has 3 aliphatic rings. The number of likely N-dealkylation sites (tertiary alicyclic amines) is 1. The minimum Gasteiger partial charge on any atom is -0.481 e. The number of rotatable bonds is 9. The summed E-state index contributed by atoms with van der Waals surface area (Å²) in [5.41, 5.74) is 3.45. The first kappa shape index (κ1) is 28.8. The summed E-state index contributed by atoms with van der Waals surface area (Å²) >= 11 is 0. The van der Waals surface area contributed by atoms with Gasteiger partial charge in [0.05, 0.1) is 0 Å². The lowest BCUT2D eigenvalue weighted by molar-refractivity contribution is -0.137. The summed E-state index contributed by atoms with van der Waals surface area (Å²) in [7, 11) is 0. The van der Waals surface area contributed by atoms with Crippen molar-refractivity contribution >= 4 is 5.97 Å². The van der Waals surface area contributed by atoms with Gasteiger partial charge in [0.25, 0.3) is 0 Å². The molecule has 0 amide bonds. The maximum Gasteiger partial charge on any atom is 0.303 e. The van der Waals surface area contributed by atoms with Crippen LogP contribution >= 0.6 is 0 Å². The second kappa shape index (κ2) is 14.8. The number of benzene rings is 2. The predicted molar refractivity (Wildman–Crippen MR) is 157 cm³/mol. The van der Waals surface area contributed by atoms with Crippen molar-refractivity contribution in [2.45, 2.75) is 114 Å². The Morgan fingerprint density at radius 2 is 1.21 bits per heavy atom. The molecular weight excluding hydrogens is 468 g/mol. The number of carboxylic acids is 1. The van der Waals surface area contributed by atoms with Crippen LogP contribution in [0, 0.1) is 0 Å². The zero-order valence-corrected chi connectivity index (χ0v) is 23.5. The van der Waals surface area contributed by atoms with E-state index in [4.69, 9.17) is 5.11 Å². The van der Waals surface area contributed by atoms with E-state index in [1.165, 1.54) is 102 Å². The van der Waals surface area contributed by atoms with Gasteiger partial charge in [-0.25, -0.2) is 0 Å². The number of piperidine rings is 1. The van der Waals surface area contributed by atoms with Crippen molar-refractivity contribution in [3.63, 3.8) is 0 Å². The number of unbranched alkanes of at least 4 members (excludes halogenated alkanes) is 1. The summed E-state index contributed by atoms with van der Waals surface area (Å²) in [5, 5.41) is 12.4. The number of carbonyl (C=O) groups is 1. The van der Waals surface area contributed by atoms with E-state index >= 15 is 0 Å². The van der Waals surface area contributed by atoms with Gasteiger partial charge in [0.15, 0.2) is 0 Å². The van der Waals surface area contributed by atoms with Gasteiger partial charge < -0.3 is 10.4 Å². The molecule has 1 saturated heterocycles. The van der Waals surface area contributed by atoms with Crippen LogP contribution in [-0.4, -0.2) is 35.6 Å². The first-order valence-electron chi connectivity index (χ1n) is 15.5. The second-order valence-electron chi connectivity index (χ2n) is 11.8. The Kier molecular flexibility index (Phi) is 11.3. The molecule has 2 saturated carbocycles. The monoisotopic (exact) mass is 518 g/mol. The van der Waals surface area contributed by atoms with Gasteiger partial charge in [-0.2, -0.15) is 0 Å². The fourth-order valence-electron chi connectivity index (χ4n) is 7.20. The lowest BCUT2D eigenvalue weighted by atomic mass is 9.74. The fraction of sp³-hybridized carbons (Fsp3) is 0.618. The quantitative estimate of drug-likeness (QED) is 0.330. The van der Waals surface area contributed by atoms with Gasteiger partial charge in [-0.15, -0.1) is 0 Å². The van der Waals surface area contributed by atoms with E-state index < -0.39 is 5.97 Å². The van der Waals surface area contributed by atoms with Crippen LogP contribution in [0.25, 0.3) is 0 Å². The van der Waals surface area contributed by atoms with E-state index in [0.717, 1.165) is 19.4 Å². The topological polar surface area (TPSA) is 52.6 Å². The Labute approximate surface area is 231 Å². The molecular formula is C34H50N2O2. The van der Waals surface area contributed by atoms with Crippen LogP contribution in [0.4, 0.5) is 0 Å². The molecule has 0 spiro atoms. The molecule has 4 heteroatoms. The molecule has 2 aromatic rings. The summed E-state index contributed by atoms with van der Waals surface area (Å²) in [5.74, 6) is -0.694. The molecule has 38 heavy (non-hydrogen) atoms. The average molecular weight is 519 g/mol. The van der Waals surface area contributed by atoms with Crippen LogP contribution in [0.15, 0.2) is 60.7 Å². The number of nitrogens with zero attached hydrogens (tertiary/aromatic N) is 1. The average Bonchev–Trinajstić information content (AvgIpc) is 2.99. The molecule has 208 valence electrons. The Balaban J connectivity index is 0.000000178. The van der Waals surface area contributed by atoms with E-state index in [1.54, 1.807) is 5.56 Å². The number of aliphatic carboxylic acids is 1. The SMILES string of the molecule is O=C(O)CCCCNC1(c2ccccc2)CCCCC1.c1ccc(C2(N3CCCCC3)CCCCC2)cc1. The minimum atomic E-state index is -0.694. The third-order valence-electron chi connectivity index (χ3n) is 9.27. The third kappa shape index (κ3) is 7.70. The van der Waals surface area contributed by atoms with Gasteiger partial charge in [-0.1, -0.05) is 106 Å². The van der Waals surface area contributed by atoms with Crippen LogP contribution in [0.3, 0.4) is 0 Å². The standard InChI is InChI=1S/C17H25NO2.C17H25N/c19-16(20)11-5-8-14-18-17(12-6-2-7-13-17)15-9-3-1-4-10-15;1-4-10-16(11-5-1)17(12-6-2-7-13-17)18-14-8-3-9-15-18/h1,3-4,9-10,18H,2,5-8,11-14H2,(H,19,20);1,4-5,10-11H,2-3,6-9,12-15H2.